The Bertz CT molecular complexity index is 974. The molecule has 0 saturated heterocycles. The molecule has 0 unspecified atom stereocenters. The van der Waals surface area contributed by atoms with Crippen molar-refractivity contribution in [2.45, 2.75) is 20.4 Å². The van der Waals surface area contributed by atoms with Gasteiger partial charge in [-0.2, -0.15) is 0 Å². The molecule has 0 fully saturated rings. The Morgan fingerprint density at radius 1 is 1.08 bits per heavy atom. The maximum absolute atomic E-state index is 12.7. The largest absolute Gasteiger partial charge is 0.455 e. The van der Waals surface area contributed by atoms with Crippen molar-refractivity contribution in [3.05, 3.63) is 62.3 Å². The number of benzene rings is 2. The molecule has 0 spiro atoms. The Kier molecular flexibility index (Phi) is 4.31. The summed E-state index contributed by atoms with van der Waals surface area (Å²) >= 11 is 0. The van der Waals surface area contributed by atoms with Gasteiger partial charge in [0, 0.05) is 12.6 Å². The highest BCUT2D eigenvalue weighted by molar-refractivity contribution is 5.92. The van der Waals surface area contributed by atoms with Crippen molar-refractivity contribution in [1.82, 2.24) is 4.90 Å². The molecule has 0 aliphatic heterocycles. The van der Waals surface area contributed by atoms with Gasteiger partial charge in [-0.05, 0) is 31.3 Å². The van der Waals surface area contributed by atoms with E-state index in [4.69, 9.17) is 4.42 Å². The number of nitro benzene ring substituents is 1. The van der Waals surface area contributed by atoms with Crippen LogP contribution in [-0.2, 0) is 6.54 Å². The number of hydrogen-bond acceptors (Lipinski definition) is 5. The molecule has 3 aromatic rings. The van der Waals surface area contributed by atoms with Gasteiger partial charge in [0.05, 0.1) is 21.3 Å². The minimum atomic E-state index is -0.423. The van der Waals surface area contributed by atoms with Crippen molar-refractivity contribution >= 4 is 27.6 Å². The zero-order valence-corrected chi connectivity index (χ0v) is 13.6. The summed E-state index contributed by atoms with van der Waals surface area (Å²) in [5, 5.41) is 12.3. The highest BCUT2D eigenvalue weighted by Gasteiger charge is 2.22. The lowest BCUT2D eigenvalue weighted by Gasteiger charge is -2.18. The fourth-order valence-corrected chi connectivity index (χ4v) is 2.91. The lowest BCUT2D eigenvalue weighted by molar-refractivity contribution is -0.385. The minimum absolute atomic E-state index is 0.0205. The molecule has 1 heterocycles. The van der Waals surface area contributed by atoms with Crippen molar-refractivity contribution in [3.63, 3.8) is 0 Å². The molecule has 1 aromatic heterocycles. The predicted molar refractivity (Wildman–Crippen MR) is 93.3 cm³/mol. The summed E-state index contributed by atoms with van der Waals surface area (Å²) in [5.74, 6) is 0. The van der Waals surface area contributed by atoms with Gasteiger partial charge >= 0.3 is 0 Å². The summed E-state index contributed by atoms with van der Waals surface area (Å²) < 4.78 is 5.91. The molecule has 0 aliphatic carbocycles. The van der Waals surface area contributed by atoms with Crippen LogP contribution < -0.4 is 5.43 Å². The van der Waals surface area contributed by atoms with E-state index in [1.165, 1.54) is 12.1 Å². The van der Waals surface area contributed by atoms with Gasteiger partial charge in [0.15, 0.2) is 0 Å². The predicted octanol–water partition coefficient (Wildman–Crippen LogP) is 3.70. The Balaban J connectivity index is 2.37. The molecule has 2 aromatic carbocycles. The Morgan fingerprint density at radius 3 is 2.46 bits per heavy atom. The van der Waals surface area contributed by atoms with Crippen LogP contribution >= 0.6 is 0 Å². The minimum Gasteiger partial charge on any atom is -0.455 e. The molecule has 6 nitrogen and oxygen atoms in total. The van der Waals surface area contributed by atoms with E-state index in [9.17, 15) is 14.9 Å². The van der Waals surface area contributed by atoms with Crippen molar-refractivity contribution in [1.29, 1.82) is 0 Å². The summed E-state index contributed by atoms with van der Waals surface area (Å²) in [4.78, 5) is 25.8. The van der Waals surface area contributed by atoms with E-state index >= 15 is 0 Å². The van der Waals surface area contributed by atoms with Crippen LogP contribution in [0.1, 0.15) is 19.4 Å². The van der Waals surface area contributed by atoms with E-state index in [2.05, 4.69) is 4.90 Å². The summed E-state index contributed by atoms with van der Waals surface area (Å²) in [7, 11) is 0. The average Bonchev–Trinajstić information content (AvgIpc) is 2.59. The van der Waals surface area contributed by atoms with Crippen LogP contribution in [0.2, 0.25) is 0 Å². The van der Waals surface area contributed by atoms with E-state index in [-0.39, 0.29) is 11.1 Å². The normalized spacial score (nSPS) is 11.5. The van der Waals surface area contributed by atoms with Gasteiger partial charge < -0.3 is 4.42 Å². The first-order chi connectivity index (χ1) is 11.6. The van der Waals surface area contributed by atoms with E-state index in [1.807, 2.05) is 13.8 Å². The van der Waals surface area contributed by atoms with Crippen LogP contribution in [0, 0.1) is 10.1 Å². The third kappa shape index (κ3) is 2.65. The third-order valence-corrected chi connectivity index (χ3v) is 4.30. The first-order valence-electron chi connectivity index (χ1n) is 7.91. The van der Waals surface area contributed by atoms with Crippen LogP contribution in [0.15, 0.2) is 45.6 Å². The number of rotatable bonds is 5. The number of fused-ring (bicyclic) bond motifs is 2. The second-order valence-electron chi connectivity index (χ2n) is 5.59. The molecule has 3 rings (SSSR count). The molecule has 6 heteroatoms. The Labute approximate surface area is 138 Å². The van der Waals surface area contributed by atoms with Crippen molar-refractivity contribution in [2.24, 2.45) is 0 Å². The van der Waals surface area contributed by atoms with Gasteiger partial charge in [-0.15, -0.1) is 0 Å². The molecular formula is C18H18N2O4. The summed E-state index contributed by atoms with van der Waals surface area (Å²) in [6, 6.07) is 9.83. The summed E-state index contributed by atoms with van der Waals surface area (Å²) in [6.45, 7) is 5.85. The molecule has 0 bridgehead atoms. The molecule has 124 valence electrons. The van der Waals surface area contributed by atoms with Crippen molar-refractivity contribution in [3.8, 4) is 0 Å². The molecule has 0 aliphatic rings. The first-order valence-corrected chi connectivity index (χ1v) is 7.91. The second-order valence-corrected chi connectivity index (χ2v) is 5.59. The van der Waals surface area contributed by atoms with Gasteiger partial charge in [-0.3, -0.25) is 19.8 Å². The lowest BCUT2D eigenvalue weighted by Crippen LogP contribution is -2.23. The third-order valence-electron chi connectivity index (χ3n) is 4.30. The fourth-order valence-electron chi connectivity index (χ4n) is 2.91. The molecule has 0 saturated carbocycles. The van der Waals surface area contributed by atoms with Crippen LogP contribution in [0.5, 0.6) is 0 Å². The molecule has 0 amide bonds. The first kappa shape index (κ1) is 16.1. The van der Waals surface area contributed by atoms with Crippen molar-refractivity contribution in [2.75, 3.05) is 13.1 Å². The fraction of sp³-hybridized carbons (Fsp3) is 0.278. The molecule has 24 heavy (non-hydrogen) atoms. The van der Waals surface area contributed by atoms with Crippen LogP contribution in [0.3, 0.4) is 0 Å². The second kappa shape index (κ2) is 6.41. The number of hydrogen-bond donors (Lipinski definition) is 0. The highest BCUT2D eigenvalue weighted by atomic mass is 16.6. The quantitative estimate of drug-likeness (QED) is 0.406. The molecular weight excluding hydrogens is 308 g/mol. The average molecular weight is 326 g/mol. The summed E-state index contributed by atoms with van der Waals surface area (Å²) in [5.41, 5.74) is 1.01. The number of nitro groups is 1. The van der Waals surface area contributed by atoms with Gasteiger partial charge in [0.25, 0.3) is 5.69 Å². The molecule has 0 radical (unpaired) electrons. The monoisotopic (exact) mass is 326 g/mol. The van der Waals surface area contributed by atoms with Gasteiger partial charge in [0.2, 0.25) is 5.43 Å². The van der Waals surface area contributed by atoms with Gasteiger partial charge in [0.1, 0.15) is 11.2 Å². The zero-order valence-electron chi connectivity index (χ0n) is 13.6. The maximum Gasteiger partial charge on any atom is 0.277 e. The smallest absolute Gasteiger partial charge is 0.277 e. The maximum atomic E-state index is 12.7. The Morgan fingerprint density at radius 2 is 1.79 bits per heavy atom. The molecule has 0 atom stereocenters. The lowest BCUT2D eigenvalue weighted by atomic mass is 10.1. The van der Waals surface area contributed by atoms with E-state index in [1.54, 1.807) is 24.3 Å². The van der Waals surface area contributed by atoms with E-state index in [0.29, 0.717) is 34.0 Å². The van der Waals surface area contributed by atoms with Gasteiger partial charge in [-0.25, -0.2) is 0 Å². The van der Waals surface area contributed by atoms with E-state index < -0.39 is 4.92 Å². The van der Waals surface area contributed by atoms with Crippen molar-refractivity contribution < 1.29 is 9.34 Å². The van der Waals surface area contributed by atoms with E-state index in [0.717, 1.165) is 13.1 Å². The topological polar surface area (TPSA) is 76.6 Å². The van der Waals surface area contributed by atoms with Crippen LogP contribution in [0.25, 0.3) is 21.9 Å². The van der Waals surface area contributed by atoms with Crippen LogP contribution in [0.4, 0.5) is 5.69 Å². The van der Waals surface area contributed by atoms with Crippen LogP contribution in [-0.4, -0.2) is 22.9 Å². The summed E-state index contributed by atoms with van der Waals surface area (Å²) in [6.07, 6.45) is 0. The highest BCUT2D eigenvalue weighted by Crippen LogP contribution is 2.30. The standard InChI is InChI=1S/C18H18N2O4/c1-3-19(4-2)11-14-15(20(22)23)10-9-13-17(21)12-7-5-6-8-16(12)24-18(13)14/h5-10H,3-4,11H2,1-2H3. The molecule has 0 N–H and O–H groups in total. The number of para-hydroxylation sites is 1. The zero-order chi connectivity index (χ0) is 17.3. The number of nitrogens with zero attached hydrogens (tertiary/aromatic N) is 2. The SMILES string of the molecule is CCN(CC)Cc1c([N+](=O)[O-])ccc2c(=O)c3ccccc3oc12. The van der Waals surface area contributed by atoms with Gasteiger partial charge in [-0.1, -0.05) is 26.0 Å². The Hall–Kier alpha value is -2.73.